The summed E-state index contributed by atoms with van der Waals surface area (Å²) in [6.07, 6.45) is 0. The molecule has 0 aromatic heterocycles. The summed E-state index contributed by atoms with van der Waals surface area (Å²) in [5, 5.41) is 5.50. The molecule has 0 spiro atoms. The maximum Gasteiger partial charge on any atom is 0.0518 e. The summed E-state index contributed by atoms with van der Waals surface area (Å²) < 4.78 is 6.61. The van der Waals surface area contributed by atoms with E-state index in [0.717, 1.165) is 0 Å². The van der Waals surface area contributed by atoms with Crippen LogP contribution in [-0.4, -0.2) is 52.5 Å². The first kappa shape index (κ1) is 20.5. The molecule has 96 valence electrons. The minimum absolute atomic E-state index is 0.149. The van der Waals surface area contributed by atoms with Crippen molar-refractivity contribution in [2.75, 3.05) is 42.3 Å². The van der Waals surface area contributed by atoms with E-state index in [1.54, 1.807) is 0 Å². The molecule has 0 rings (SSSR count). The second kappa shape index (κ2) is 14.1. The molecule has 4 nitrogen and oxygen atoms in total. The molecule has 0 radical (unpaired) electrons. The van der Waals surface area contributed by atoms with Gasteiger partial charge < -0.3 is 10.6 Å². The molecule has 0 aromatic rings. The van der Waals surface area contributed by atoms with E-state index in [1.165, 1.54) is 0 Å². The highest BCUT2D eigenvalue weighted by atomic mass is 31.1. The molecule has 0 amide bonds. The minimum atomic E-state index is 0.149. The number of rotatable bonds is 1. The van der Waals surface area contributed by atoms with Gasteiger partial charge in [-0.1, -0.05) is 0 Å². The topological polar surface area (TPSA) is 39.7 Å². The van der Waals surface area contributed by atoms with Crippen molar-refractivity contribution >= 4 is 8.52 Å². The molecule has 15 heavy (non-hydrogen) atoms. The van der Waals surface area contributed by atoms with E-state index in [4.69, 9.17) is 0 Å². The fraction of sp³-hybridized carbons (Fsp3) is 1.00. The van der Waals surface area contributed by atoms with Gasteiger partial charge in [-0.25, -0.2) is 0 Å². The molecule has 0 heterocycles. The molecule has 0 aliphatic heterocycles. The van der Waals surface area contributed by atoms with Gasteiger partial charge in [0.05, 0.1) is 5.54 Å². The van der Waals surface area contributed by atoms with E-state index >= 15 is 0 Å². The Labute approximate surface area is 97.8 Å². The van der Waals surface area contributed by atoms with E-state index in [2.05, 4.69) is 54.9 Å². The molecule has 1 atom stereocenters. The fourth-order valence-corrected chi connectivity index (χ4v) is 0.866. The zero-order valence-electron chi connectivity index (χ0n) is 12.0. The van der Waals surface area contributed by atoms with Gasteiger partial charge in [-0.3, -0.25) is 9.42 Å². The van der Waals surface area contributed by atoms with Crippen LogP contribution < -0.4 is 10.6 Å². The van der Waals surface area contributed by atoms with Gasteiger partial charge in [0.15, 0.2) is 0 Å². The van der Waals surface area contributed by atoms with Gasteiger partial charge in [0.1, 0.15) is 0 Å². The van der Waals surface area contributed by atoms with Crippen LogP contribution in [0.5, 0.6) is 0 Å². The summed E-state index contributed by atoms with van der Waals surface area (Å²) in [6.45, 7) is 6.39. The first-order chi connectivity index (χ1) is 6.74. The zero-order chi connectivity index (χ0) is 12.9. The second-order valence-electron chi connectivity index (χ2n) is 4.38. The third kappa shape index (κ3) is 55.4. The zero-order valence-corrected chi connectivity index (χ0v) is 13.1. The van der Waals surface area contributed by atoms with Crippen molar-refractivity contribution < 1.29 is 0 Å². The third-order valence-corrected chi connectivity index (χ3v) is 2.03. The van der Waals surface area contributed by atoms with Crippen LogP contribution >= 0.6 is 8.52 Å². The van der Waals surface area contributed by atoms with Gasteiger partial charge >= 0.3 is 0 Å². The molecule has 0 saturated carbocycles. The van der Waals surface area contributed by atoms with Gasteiger partial charge in [0, 0.05) is 8.52 Å². The van der Waals surface area contributed by atoms with E-state index in [9.17, 15) is 0 Å². The summed E-state index contributed by atoms with van der Waals surface area (Å²) in [5.41, 5.74) is 0.152. The highest BCUT2D eigenvalue weighted by molar-refractivity contribution is 7.23. The quantitative estimate of drug-likeness (QED) is 0.681. The lowest BCUT2D eigenvalue weighted by molar-refractivity contribution is 0.583. The predicted octanol–water partition coefficient (Wildman–Crippen LogP) is 1.53. The monoisotopic (exact) mass is 238 g/mol. The van der Waals surface area contributed by atoms with Gasteiger partial charge in [-0.05, 0) is 63.1 Å². The van der Waals surface area contributed by atoms with Crippen molar-refractivity contribution in [3.05, 3.63) is 0 Å². The van der Waals surface area contributed by atoms with Gasteiger partial charge in [0.25, 0.3) is 0 Å². The Bertz CT molecular complexity index is 128. The van der Waals surface area contributed by atoms with Crippen LogP contribution in [0.3, 0.4) is 0 Å². The van der Waals surface area contributed by atoms with Crippen molar-refractivity contribution in [1.29, 1.82) is 0 Å². The molecular weight excluding hydrogens is 207 g/mol. The minimum Gasteiger partial charge on any atom is -0.323 e. The molecule has 1 unspecified atom stereocenters. The number of hydrogen-bond acceptors (Lipinski definition) is 3. The normalized spacial score (nSPS) is 11.1. The number of nitrogens with one attached hydrogen (secondary N) is 2. The predicted molar refractivity (Wildman–Crippen MR) is 75.5 cm³/mol. The molecule has 0 aliphatic rings. The Morgan fingerprint density at radius 1 is 0.933 bits per heavy atom. The summed E-state index contributed by atoms with van der Waals surface area (Å²) >= 11 is 0. The highest BCUT2D eigenvalue weighted by Crippen LogP contribution is 2.14. The Morgan fingerprint density at radius 2 is 1.20 bits per heavy atom. The van der Waals surface area contributed by atoms with E-state index < -0.39 is 0 Å². The first-order valence-electron chi connectivity index (χ1n) is 5.13. The SMILES string of the molecule is CN(C)/[PH2]=N/C(C)(C)C.CNC.CNC. The smallest absolute Gasteiger partial charge is 0.0518 e. The van der Waals surface area contributed by atoms with Crippen molar-refractivity contribution in [1.82, 2.24) is 15.3 Å². The molecule has 0 aliphatic carbocycles. The lowest BCUT2D eigenvalue weighted by atomic mass is 10.1. The number of hydrogen-bond donors (Lipinski definition) is 2. The largest absolute Gasteiger partial charge is 0.323 e. The van der Waals surface area contributed by atoms with Crippen LogP contribution in [0.15, 0.2) is 4.74 Å². The molecule has 0 saturated heterocycles. The standard InChI is InChI=1S/C6H17N2P.2C2H7N/c1-6(2,3)7-9-8(4)5;2*1-3-2/h9H2,1-5H3;2*3H,1-2H3. The van der Waals surface area contributed by atoms with E-state index in [0.29, 0.717) is 0 Å². The fourth-order valence-electron chi connectivity index (χ4n) is 0.289. The Kier molecular flexibility index (Phi) is 19.3. The summed E-state index contributed by atoms with van der Waals surface area (Å²) in [6, 6.07) is 0. The van der Waals surface area contributed by atoms with Crippen LogP contribution in [-0.2, 0) is 0 Å². The van der Waals surface area contributed by atoms with E-state index in [-0.39, 0.29) is 14.1 Å². The average Bonchev–Trinajstić information content (AvgIpc) is 2.02. The lowest BCUT2D eigenvalue weighted by Gasteiger charge is -2.13. The lowest BCUT2D eigenvalue weighted by Crippen LogP contribution is -2.07. The van der Waals surface area contributed by atoms with Crippen molar-refractivity contribution in [2.24, 2.45) is 4.74 Å². The molecule has 0 fully saturated rings. The van der Waals surface area contributed by atoms with Gasteiger partial charge in [0.2, 0.25) is 0 Å². The summed E-state index contributed by atoms with van der Waals surface area (Å²) in [4.78, 5) is 0. The van der Waals surface area contributed by atoms with Crippen LogP contribution in [0.4, 0.5) is 0 Å². The van der Waals surface area contributed by atoms with Crippen molar-refractivity contribution in [3.63, 3.8) is 0 Å². The highest BCUT2D eigenvalue weighted by Gasteiger charge is 2.03. The van der Waals surface area contributed by atoms with Crippen LogP contribution in [0.2, 0.25) is 0 Å². The second-order valence-corrected chi connectivity index (χ2v) is 5.90. The van der Waals surface area contributed by atoms with Gasteiger partial charge in [-0.15, -0.1) is 0 Å². The first-order valence-corrected chi connectivity index (χ1v) is 6.17. The molecule has 5 heteroatoms. The van der Waals surface area contributed by atoms with Crippen LogP contribution in [0, 0.1) is 0 Å². The Hall–Kier alpha value is 0.110. The molecular formula is C10H31N4P. The Morgan fingerprint density at radius 3 is 1.27 bits per heavy atom. The Balaban J connectivity index is -0.000000200. The number of nitrogens with zero attached hydrogens (tertiary/aromatic N) is 2. The molecule has 0 bridgehead atoms. The van der Waals surface area contributed by atoms with Gasteiger partial charge in [-0.2, -0.15) is 0 Å². The van der Waals surface area contributed by atoms with Crippen LogP contribution in [0.25, 0.3) is 0 Å². The van der Waals surface area contributed by atoms with Crippen LogP contribution in [0.1, 0.15) is 20.8 Å². The van der Waals surface area contributed by atoms with Crippen molar-refractivity contribution in [2.45, 2.75) is 26.3 Å². The van der Waals surface area contributed by atoms with Crippen molar-refractivity contribution in [3.8, 4) is 0 Å². The molecule has 2 N–H and O–H groups in total. The maximum absolute atomic E-state index is 4.47. The van der Waals surface area contributed by atoms with E-state index in [1.807, 2.05) is 28.2 Å². The average molecular weight is 238 g/mol. The third-order valence-electron chi connectivity index (χ3n) is 0.676. The summed E-state index contributed by atoms with van der Waals surface area (Å²) in [5.74, 6) is 0. The maximum atomic E-state index is 4.47. The summed E-state index contributed by atoms with van der Waals surface area (Å²) in [7, 11) is 11.8. The molecule has 0 aromatic carbocycles.